The quantitative estimate of drug-likeness (QED) is 0.882. The van der Waals surface area contributed by atoms with E-state index >= 15 is 0 Å². The smallest absolute Gasteiger partial charge is 0.141 e. The molecule has 0 bridgehead atoms. The number of benzene rings is 1. The summed E-state index contributed by atoms with van der Waals surface area (Å²) in [5.41, 5.74) is 1.74. The van der Waals surface area contributed by atoms with Crippen molar-refractivity contribution in [3.8, 4) is 11.4 Å². The van der Waals surface area contributed by atoms with Crippen LogP contribution in [0.2, 0.25) is 5.02 Å². The van der Waals surface area contributed by atoms with E-state index in [0.717, 1.165) is 11.3 Å². The molecular weight excluding hydrogens is 241 g/mol. The summed E-state index contributed by atoms with van der Waals surface area (Å²) in [6.07, 6.45) is 1.76. The lowest BCUT2D eigenvalue weighted by Gasteiger charge is -2.06. The fourth-order valence-corrected chi connectivity index (χ4v) is 1.68. The Morgan fingerprint density at radius 3 is 2.88 bits per heavy atom. The van der Waals surface area contributed by atoms with Crippen LogP contribution in [0.3, 0.4) is 0 Å². The molecule has 1 atom stereocenters. The number of nitrogens with one attached hydrogen (secondary N) is 2. The summed E-state index contributed by atoms with van der Waals surface area (Å²) in [5, 5.41) is 3.21. The van der Waals surface area contributed by atoms with Gasteiger partial charge in [0, 0.05) is 11.6 Å². The highest BCUT2D eigenvalue weighted by Gasteiger charge is 2.09. The van der Waals surface area contributed by atoms with Crippen molar-refractivity contribution >= 4 is 11.6 Å². The molecule has 1 unspecified atom stereocenters. The van der Waals surface area contributed by atoms with Crippen LogP contribution >= 0.6 is 11.6 Å². The molecule has 0 fully saturated rings. The number of H-pyrrole nitrogens is 1. The number of nitrogens with zero attached hydrogens (tertiary/aromatic N) is 1. The first-order valence-corrected chi connectivity index (χ1v) is 5.67. The Morgan fingerprint density at radius 1 is 1.47 bits per heavy atom. The van der Waals surface area contributed by atoms with Crippen molar-refractivity contribution in [3.63, 3.8) is 0 Å². The zero-order valence-corrected chi connectivity index (χ0v) is 10.3. The second-order valence-electron chi connectivity index (χ2n) is 3.83. The van der Waals surface area contributed by atoms with Gasteiger partial charge in [-0.1, -0.05) is 11.6 Å². The zero-order valence-electron chi connectivity index (χ0n) is 9.59. The van der Waals surface area contributed by atoms with E-state index < -0.39 is 5.82 Å². The van der Waals surface area contributed by atoms with E-state index in [4.69, 9.17) is 11.6 Å². The number of hydrogen-bond donors (Lipinski definition) is 2. The van der Waals surface area contributed by atoms with Crippen LogP contribution in [0.1, 0.15) is 18.7 Å². The van der Waals surface area contributed by atoms with Crippen LogP contribution in [0.4, 0.5) is 4.39 Å². The molecule has 0 spiro atoms. The number of rotatable bonds is 3. The molecule has 0 saturated carbocycles. The lowest BCUT2D eigenvalue weighted by atomic mass is 10.2. The number of aromatic nitrogens is 2. The molecule has 0 aliphatic rings. The van der Waals surface area contributed by atoms with E-state index in [2.05, 4.69) is 15.3 Å². The molecule has 0 aliphatic carbocycles. The maximum atomic E-state index is 13.0. The molecule has 90 valence electrons. The van der Waals surface area contributed by atoms with Gasteiger partial charge in [-0.05, 0) is 32.2 Å². The molecule has 0 saturated heterocycles. The molecule has 3 nitrogen and oxygen atoms in total. The molecule has 5 heteroatoms. The third-order valence-electron chi connectivity index (χ3n) is 2.69. The maximum Gasteiger partial charge on any atom is 0.141 e. The van der Waals surface area contributed by atoms with E-state index in [1.165, 1.54) is 6.07 Å². The van der Waals surface area contributed by atoms with E-state index in [1.54, 1.807) is 18.3 Å². The van der Waals surface area contributed by atoms with E-state index in [0.29, 0.717) is 5.82 Å². The van der Waals surface area contributed by atoms with Crippen molar-refractivity contribution in [1.82, 2.24) is 15.3 Å². The maximum absolute atomic E-state index is 13.0. The molecule has 2 rings (SSSR count). The predicted octanol–water partition coefficient (Wildman–Crippen LogP) is 3.15. The monoisotopic (exact) mass is 253 g/mol. The van der Waals surface area contributed by atoms with Gasteiger partial charge in [-0.25, -0.2) is 9.37 Å². The fraction of sp³-hybridized carbons (Fsp3) is 0.250. The fourth-order valence-electron chi connectivity index (χ4n) is 1.50. The minimum atomic E-state index is -0.425. The second kappa shape index (κ2) is 4.85. The first kappa shape index (κ1) is 12.1. The highest BCUT2D eigenvalue weighted by molar-refractivity contribution is 6.31. The summed E-state index contributed by atoms with van der Waals surface area (Å²) >= 11 is 5.73. The summed E-state index contributed by atoms with van der Waals surface area (Å²) in [5.74, 6) is 0.259. The minimum absolute atomic E-state index is 0.0992. The summed E-state index contributed by atoms with van der Waals surface area (Å²) in [7, 11) is 1.87. The lowest BCUT2D eigenvalue weighted by Crippen LogP contribution is -2.12. The normalized spacial score (nSPS) is 12.7. The third kappa shape index (κ3) is 2.48. The highest BCUT2D eigenvalue weighted by atomic mass is 35.5. The topological polar surface area (TPSA) is 40.7 Å². The third-order valence-corrected chi connectivity index (χ3v) is 2.98. The zero-order chi connectivity index (χ0) is 12.4. The predicted molar refractivity (Wildman–Crippen MR) is 66.5 cm³/mol. The van der Waals surface area contributed by atoms with Gasteiger partial charge in [-0.3, -0.25) is 0 Å². The Balaban J connectivity index is 2.33. The van der Waals surface area contributed by atoms with Crippen molar-refractivity contribution in [2.45, 2.75) is 13.0 Å². The molecule has 2 aromatic rings. The Labute approximate surface area is 104 Å². The summed E-state index contributed by atoms with van der Waals surface area (Å²) < 4.78 is 13.0. The standard InChI is InChI=1S/C12H13ClFN3/c1-7(15-2)11-6-16-12(17-11)8-3-4-10(14)9(13)5-8/h3-7,15H,1-2H3,(H,16,17). The molecule has 0 aliphatic heterocycles. The average Bonchev–Trinajstić information content (AvgIpc) is 2.81. The Kier molecular flexibility index (Phi) is 3.45. The lowest BCUT2D eigenvalue weighted by molar-refractivity contribution is 0.628. The molecule has 0 radical (unpaired) electrons. The van der Waals surface area contributed by atoms with Crippen molar-refractivity contribution in [2.75, 3.05) is 7.05 Å². The van der Waals surface area contributed by atoms with Gasteiger partial charge in [0.15, 0.2) is 0 Å². The summed E-state index contributed by atoms with van der Waals surface area (Å²) in [6.45, 7) is 2.02. The van der Waals surface area contributed by atoms with Gasteiger partial charge in [0.25, 0.3) is 0 Å². The molecule has 1 heterocycles. The second-order valence-corrected chi connectivity index (χ2v) is 4.23. The number of hydrogen-bond acceptors (Lipinski definition) is 2. The largest absolute Gasteiger partial charge is 0.341 e. The number of aromatic amines is 1. The van der Waals surface area contributed by atoms with Crippen molar-refractivity contribution < 1.29 is 4.39 Å². The van der Waals surface area contributed by atoms with Crippen molar-refractivity contribution in [2.24, 2.45) is 0 Å². The molecule has 1 aromatic carbocycles. The van der Waals surface area contributed by atoms with Crippen molar-refractivity contribution in [1.29, 1.82) is 0 Å². The van der Waals surface area contributed by atoms with Crippen LogP contribution < -0.4 is 5.32 Å². The molecule has 17 heavy (non-hydrogen) atoms. The Hall–Kier alpha value is -1.39. The van der Waals surface area contributed by atoms with Gasteiger partial charge < -0.3 is 10.3 Å². The Bertz CT molecular complexity index is 524. The summed E-state index contributed by atoms with van der Waals surface area (Å²) in [6, 6.07) is 4.73. The van der Waals surface area contributed by atoms with Gasteiger partial charge in [0.1, 0.15) is 11.6 Å². The minimum Gasteiger partial charge on any atom is -0.341 e. The van der Waals surface area contributed by atoms with E-state index in [1.807, 2.05) is 14.0 Å². The molecule has 0 amide bonds. The van der Waals surface area contributed by atoms with Crippen LogP contribution in [0, 0.1) is 5.82 Å². The Morgan fingerprint density at radius 2 is 2.24 bits per heavy atom. The van der Waals surface area contributed by atoms with Crippen LogP contribution in [0.5, 0.6) is 0 Å². The van der Waals surface area contributed by atoms with Gasteiger partial charge in [0.05, 0.1) is 16.9 Å². The molecule has 1 aromatic heterocycles. The molecular formula is C12H13ClFN3. The van der Waals surface area contributed by atoms with Crippen LogP contribution in [-0.4, -0.2) is 17.0 Å². The first-order valence-electron chi connectivity index (χ1n) is 5.29. The van der Waals surface area contributed by atoms with Gasteiger partial charge >= 0.3 is 0 Å². The van der Waals surface area contributed by atoms with Crippen LogP contribution in [-0.2, 0) is 0 Å². The van der Waals surface area contributed by atoms with Gasteiger partial charge in [0.2, 0.25) is 0 Å². The van der Waals surface area contributed by atoms with Gasteiger partial charge in [-0.15, -0.1) is 0 Å². The van der Waals surface area contributed by atoms with Crippen molar-refractivity contribution in [3.05, 3.63) is 40.9 Å². The molecule has 2 N–H and O–H groups in total. The SMILES string of the molecule is CNC(C)c1cnc(-c2ccc(F)c(Cl)c2)[nH]1. The number of imidazole rings is 1. The highest BCUT2D eigenvalue weighted by Crippen LogP contribution is 2.23. The van der Waals surface area contributed by atoms with E-state index in [9.17, 15) is 4.39 Å². The van der Waals surface area contributed by atoms with Crippen LogP contribution in [0.15, 0.2) is 24.4 Å². The summed E-state index contributed by atoms with van der Waals surface area (Å²) in [4.78, 5) is 7.42. The first-order chi connectivity index (χ1) is 8.11. The van der Waals surface area contributed by atoms with Gasteiger partial charge in [-0.2, -0.15) is 0 Å². The number of halogens is 2. The average molecular weight is 254 g/mol. The van der Waals surface area contributed by atoms with E-state index in [-0.39, 0.29) is 11.1 Å². The van der Waals surface area contributed by atoms with Crippen LogP contribution in [0.25, 0.3) is 11.4 Å².